The number of imidazole rings is 1. The number of ether oxygens (including phenoxy) is 2. The lowest BCUT2D eigenvalue weighted by atomic mass is 9.66. The van der Waals surface area contributed by atoms with Gasteiger partial charge in [-0.25, -0.2) is 4.52 Å². The molecule has 8 heteroatoms. The lowest BCUT2D eigenvalue weighted by Gasteiger charge is -2.57. The van der Waals surface area contributed by atoms with Gasteiger partial charge in [0.2, 0.25) is 0 Å². The maximum absolute atomic E-state index is 13.5. The summed E-state index contributed by atoms with van der Waals surface area (Å²) in [5, 5.41) is 15.7. The van der Waals surface area contributed by atoms with Crippen molar-refractivity contribution in [2.75, 3.05) is 33.0 Å². The third-order valence-electron chi connectivity index (χ3n) is 6.48. The van der Waals surface area contributed by atoms with Crippen LogP contribution in [0.1, 0.15) is 23.2 Å². The van der Waals surface area contributed by atoms with E-state index in [9.17, 15) is 9.90 Å². The standard InChI is InChI=1S/C18H24N4O4/c1-20-4-5-22-16(20)13(8-19-22)17(23)21-9-12-10-26-7-3-18(12,24)14-11-25-6-2-15(14)21/h4-5,8,12,14-15,24H,2-3,6-7,9-11H2,1H3/t12-,14+,15-,18-/m0/s1. The number of carbonyl (C=O) groups excluding carboxylic acids is 1. The molecular formula is C18H24N4O4. The summed E-state index contributed by atoms with van der Waals surface area (Å²) in [6.45, 7) is 2.68. The van der Waals surface area contributed by atoms with E-state index in [0.717, 1.165) is 12.1 Å². The zero-order chi connectivity index (χ0) is 17.9. The number of aryl methyl sites for hydroxylation is 1. The van der Waals surface area contributed by atoms with Crippen LogP contribution in [0, 0.1) is 11.8 Å². The Labute approximate surface area is 151 Å². The summed E-state index contributed by atoms with van der Waals surface area (Å²) in [6.07, 6.45) is 6.74. The SMILES string of the molecule is Cn1ccn2ncc(C(=O)N3C[C@H]4COCC[C@@]4(O)[C@@H]4COCC[C@@H]43)c12. The number of aromatic nitrogens is 3. The summed E-state index contributed by atoms with van der Waals surface area (Å²) in [4.78, 5) is 15.4. The summed E-state index contributed by atoms with van der Waals surface area (Å²) in [5.74, 6) is -0.170. The van der Waals surface area contributed by atoms with Crippen LogP contribution < -0.4 is 0 Å². The number of amides is 1. The smallest absolute Gasteiger partial charge is 0.259 e. The molecule has 0 radical (unpaired) electrons. The largest absolute Gasteiger partial charge is 0.389 e. The number of nitrogens with zero attached hydrogens (tertiary/aromatic N) is 4. The predicted octanol–water partition coefficient (Wildman–Crippen LogP) is 0.301. The van der Waals surface area contributed by atoms with Gasteiger partial charge in [-0.2, -0.15) is 5.10 Å². The van der Waals surface area contributed by atoms with Crippen molar-refractivity contribution in [3.63, 3.8) is 0 Å². The first-order valence-electron chi connectivity index (χ1n) is 9.27. The summed E-state index contributed by atoms with van der Waals surface area (Å²) in [7, 11) is 1.91. The molecule has 0 saturated carbocycles. The topological polar surface area (TPSA) is 81.2 Å². The number of hydrogen-bond acceptors (Lipinski definition) is 5. The van der Waals surface area contributed by atoms with Crippen LogP contribution in [0.2, 0.25) is 0 Å². The van der Waals surface area contributed by atoms with Crippen molar-refractivity contribution in [1.29, 1.82) is 0 Å². The maximum atomic E-state index is 13.5. The van der Waals surface area contributed by atoms with Crippen LogP contribution in [0.25, 0.3) is 5.65 Å². The van der Waals surface area contributed by atoms with Crippen molar-refractivity contribution in [3.05, 3.63) is 24.2 Å². The Morgan fingerprint density at radius 1 is 1.31 bits per heavy atom. The van der Waals surface area contributed by atoms with Gasteiger partial charge in [0.1, 0.15) is 11.2 Å². The van der Waals surface area contributed by atoms with Gasteiger partial charge in [0.15, 0.2) is 0 Å². The summed E-state index contributed by atoms with van der Waals surface area (Å²) < 4.78 is 14.9. The molecule has 140 valence electrons. The van der Waals surface area contributed by atoms with Crippen LogP contribution in [0.4, 0.5) is 0 Å². The van der Waals surface area contributed by atoms with E-state index in [0.29, 0.717) is 45.0 Å². The molecule has 0 unspecified atom stereocenters. The normalized spacial score (nSPS) is 34.5. The minimum atomic E-state index is -0.806. The number of likely N-dealkylation sites (tertiary alicyclic amines) is 1. The predicted molar refractivity (Wildman–Crippen MR) is 91.8 cm³/mol. The molecule has 2 aromatic heterocycles. The van der Waals surface area contributed by atoms with Gasteiger partial charge in [-0.15, -0.1) is 0 Å². The van der Waals surface area contributed by atoms with Crippen molar-refractivity contribution >= 4 is 11.6 Å². The highest BCUT2D eigenvalue weighted by Gasteiger charge is 2.56. The quantitative estimate of drug-likeness (QED) is 0.791. The zero-order valence-electron chi connectivity index (χ0n) is 14.9. The molecule has 0 aliphatic carbocycles. The number of hydrogen-bond donors (Lipinski definition) is 1. The van der Waals surface area contributed by atoms with Crippen LogP contribution in [-0.2, 0) is 16.5 Å². The van der Waals surface area contributed by atoms with E-state index in [1.54, 1.807) is 10.7 Å². The van der Waals surface area contributed by atoms with Crippen LogP contribution >= 0.6 is 0 Å². The molecule has 4 atom stereocenters. The van der Waals surface area contributed by atoms with E-state index in [1.807, 2.05) is 28.9 Å². The van der Waals surface area contributed by atoms with E-state index in [1.165, 1.54) is 0 Å². The van der Waals surface area contributed by atoms with Gasteiger partial charge in [-0.05, 0) is 6.42 Å². The fraction of sp³-hybridized carbons (Fsp3) is 0.667. The molecule has 1 N–H and O–H groups in total. The third kappa shape index (κ3) is 2.19. The highest BCUT2D eigenvalue weighted by atomic mass is 16.5. The van der Waals surface area contributed by atoms with Crippen LogP contribution in [0.5, 0.6) is 0 Å². The molecule has 2 aromatic rings. The second kappa shape index (κ2) is 5.80. The lowest BCUT2D eigenvalue weighted by Crippen LogP contribution is -2.68. The Kier molecular flexibility index (Phi) is 3.63. The van der Waals surface area contributed by atoms with Gasteiger partial charge >= 0.3 is 0 Å². The van der Waals surface area contributed by atoms with Gasteiger partial charge in [0.25, 0.3) is 5.91 Å². The zero-order valence-corrected chi connectivity index (χ0v) is 14.9. The van der Waals surface area contributed by atoms with E-state index in [4.69, 9.17) is 9.47 Å². The summed E-state index contributed by atoms with van der Waals surface area (Å²) >= 11 is 0. The highest BCUT2D eigenvalue weighted by Crippen LogP contribution is 2.44. The number of aliphatic hydroxyl groups is 1. The average Bonchev–Trinajstić information content (AvgIpc) is 3.24. The van der Waals surface area contributed by atoms with E-state index in [2.05, 4.69) is 5.10 Å². The van der Waals surface area contributed by atoms with Crippen molar-refractivity contribution in [2.24, 2.45) is 18.9 Å². The number of carbonyl (C=O) groups is 1. The maximum Gasteiger partial charge on any atom is 0.259 e. The van der Waals surface area contributed by atoms with Crippen molar-refractivity contribution in [3.8, 4) is 0 Å². The van der Waals surface area contributed by atoms with Gasteiger partial charge in [-0.3, -0.25) is 4.79 Å². The molecule has 0 aromatic carbocycles. The Morgan fingerprint density at radius 3 is 3.04 bits per heavy atom. The fourth-order valence-corrected chi connectivity index (χ4v) is 5.05. The Hall–Kier alpha value is -1.90. The Bertz CT molecular complexity index is 845. The minimum absolute atomic E-state index is 0.00850. The fourth-order valence-electron chi connectivity index (χ4n) is 5.05. The van der Waals surface area contributed by atoms with Crippen LogP contribution in [-0.4, -0.2) is 74.7 Å². The monoisotopic (exact) mass is 360 g/mol. The molecular weight excluding hydrogens is 336 g/mol. The van der Waals surface area contributed by atoms with Crippen molar-refractivity contribution < 1.29 is 19.4 Å². The van der Waals surface area contributed by atoms with Gasteiger partial charge in [-0.1, -0.05) is 0 Å². The first-order valence-corrected chi connectivity index (χ1v) is 9.27. The first-order chi connectivity index (χ1) is 12.6. The van der Waals surface area contributed by atoms with Crippen LogP contribution in [0.3, 0.4) is 0 Å². The molecule has 3 aliphatic heterocycles. The highest BCUT2D eigenvalue weighted by molar-refractivity contribution is 6.00. The second-order valence-corrected chi connectivity index (χ2v) is 7.74. The van der Waals surface area contributed by atoms with Crippen LogP contribution in [0.15, 0.2) is 18.6 Å². The summed E-state index contributed by atoms with van der Waals surface area (Å²) in [6, 6.07) is -0.00850. The van der Waals surface area contributed by atoms with E-state index in [-0.39, 0.29) is 23.8 Å². The molecule has 5 heterocycles. The molecule has 3 aliphatic rings. The molecule has 0 spiro atoms. The number of rotatable bonds is 1. The molecule has 26 heavy (non-hydrogen) atoms. The Balaban J connectivity index is 1.53. The number of fused-ring (bicyclic) bond motifs is 4. The Morgan fingerprint density at radius 2 is 2.15 bits per heavy atom. The lowest BCUT2D eigenvalue weighted by molar-refractivity contribution is -0.212. The van der Waals surface area contributed by atoms with E-state index >= 15 is 0 Å². The van der Waals surface area contributed by atoms with Gasteiger partial charge < -0.3 is 24.0 Å². The van der Waals surface area contributed by atoms with Gasteiger partial charge in [0.05, 0.1) is 25.0 Å². The number of piperidine rings is 1. The third-order valence-corrected chi connectivity index (χ3v) is 6.48. The molecule has 3 fully saturated rings. The first kappa shape index (κ1) is 16.3. The van der Waals surface area contributed by atoms with Crippen molar-refractivity contribution in [1.82, 2.24) is 19.1 Å². The van der Waals surface area contributed by atoms with Gasteiger partial charge in [0, 0.05) is 63.5 Å². The van der Waals surface area contributed by atoms with E-state index < -0.39 is 5.60 Å². The molecule has 0 bridgehead atoms. The minimum Gasteiger partial charge on any atom is -0.389 e. The molecule has 5 rings (SSSR count). The molecule has 8 nitrogen and oxygen atoms in total. The summed E-state index contributed by atoms with van der Waals surface area (Å²) in [5.41, 5.74) is 0.587. The second-order valence-electron chi connectivity index (χ2n) is 7.74. The molecule has 1 amide bonds. The average molecular weight is 360 g/mol. The van der Waals surface area contributed by atoms with Crippen molar-refractivity contribution in [2.45, 2.75) is 24.5 Å². The molecule has 3 saturated heterocycles.